The molecule has 0 saturated carbocycles. The van der Waals surface area contributed by atoms with Gasteiger partial charge in [0.25, 0.3) is 0 Å². The minimum atomic E-state index is -3.92. The van der Waals surface area contributed by atoms with E-state index in [0.29, 0.717) is 5.02 Å². The second-order valence-electron chi connectivity index (χ2n) is 5.45. The highest BCUT2D eigenvalue weighted by atomic mass is 35.5. The summed E-state index contributed by atoms with van der Waals surface area (Å²) in [5.74, 6) is -0.456. The number of nitrogens with zero attached hydrogens (tertiary/aromatic N) is 1. The predicted molar refractivity (Wildman–Crippen MR) is 102 cm³/mol. The predicted octanol–water partition coefficient (Wildman–Crippen LogP) is 4.14. The highest BCUT2D eigenvalue weighted by Crippen LogP contribution is 2.28. The Hall–Kier alpha value is -1.60. The van der Waals surface area contributed by atoms with Crippen LogP contribution < -0.4 is 0 Å². The van der Waals surface area contributed by atoms with Crippen molar-refractivity contribution in [3.8, 4) is 0 Å². The number of hydrogen-bond acceptors (Lipinski definition) is 4. The third-order valence-corrected chi connectivity index (χ3v) is 6.15. The van der Waals surface area contributed by atoms with Gasteiger partial charge in [-0.05, 0) is 30.7 Å². The number of carbonyl (C=O) groups is 1. The van der Waals surface area contributed by atoms with E-state index in [0.717, 1.165) is 5.56 Å². The van der Waals surface area contributed by atoms with Crippen molar-refractivity contribution in [1.29, 1.82) is 0 Å². The second kappa shape index (κ2) is 9.37. The first-order valence-electron chi connectivity index (χ1n) is 7.99. The molecule has 0 aliphatic carbocycles. The second-order valence-corrected chi connectivity index (χ2v) is 8.20. The minimum absolute atomic E-state index is 0.0188. The molecule has 0 saturated heterocycles. The fraction of sp³-hybridized carbons (Fsp3) is 0.278. The Morgan fingerprint density at radius 2 is 1.81 bits per heavy atom. The first kappa shape index (κ1) is 20.7. The number of esters is 1. The van der Waals surface area contributed by atoms with Gasteiger partial charge in [0.2, 0.25) is 10.0 Å². The van der Waals surface area contributed by atoms with Gasteiger partial charge < -0.3 is 4.74 Å². The third-order valence-electron chi connectivity index (χ3n) is 3.58. The molecular weight excluding hydrogens is 397 g/mol. The summed E-state index contributed by atoms with van der Waals surface area (Å²) in [5, 5.41) is 0.377. The molecule has 0 aromatic heterocycles. The molecule has 0 atom stereocenters. The minimum Gasteiger partial charge on any atom is -0.466 e. The summed E-state index contributed by atoms with van der Waals surface area (Å²) in [7, 11) is -3.92. The number of benzene rings is 2. The molecule has 0 amide bonds. The van der Waals surface area contributed by atoms with E-state index in [4.69, 9.17) is 27.9 Å². The molecule has 5 nitrogen and oxygen atoms in total. The molecule has 2 rings (SSSR count). The van der Waals surface area contributed by atoms with Gasteiger partial charge in [0, 0.05) is 18.1 Å². The number of ether oxygens (including phenoxy) is 1. The molecule has 8 heteroatoms. The lowest BCUT2D eigenvalue weighted by Crippen LogP contribution is -2.33. The largest absolute Gasteiger partial charge is 0.466 e. The van der Waals surface area contributed by atoms with Crippen molar-refractivity contribution in [2.24, 2.45) is 0 Å². The topological polar surface area (TPSA) is 63.7 Å². The van der Waals surface area contributed by atoms with Crippen LogP contribution in [-0.2, 0) is 26.1 Å². The Morgan fingerprint density at radius 3 is 2.42 bits per heavy atom. The Balaban J connectivity index is 2.32. The summed E-state index contributed by atoms with van der Waals surface area (Å²) in [6.07, 6.45) is -0.0505. The van der Waals surface area contributed by atoms with E-state index in [1.807, 2.05) is 30.3 Å². The molecule has 0 heterocycles. The molecule has 0 N–H and O–H groups in total. The van der Waals surface area contributed by atoms with Crippen LogP contribution in [-0.4, -0.2) is 31.8 Å². The summed E-state index contributed by atoms with van der Waals surface area (Å²) >= 11 is 12.0. The molecular formula is C18H19Cl2NO4S. The van der Waals surface area contributed by atoms with E-state index in [-0.39, 0.29) is 36.0 Å². The first-order valence-corrected chi connectivity index (χ1v) is 10.2. The number of hydrogen-bond donors (Lipinski definition) is 0. The molecule has 0 bridgehead atoms. The summed E-state index contributed by atoms with van der Waals surface area (Å²) < 4.78 is 32.3. The zero-order valence-corrected chi connectivity index (χ0v) is 16.5. The van der Waals surface area contributed by atoms with Crippen LogP contribution in [0.25, 0.3) is 0 Å². The van der Waals surface area contributed by atoms with E-state index in [1.54, 1.807) is 6.92 Å². The average molecular weight is 416 g/mol. The number of halogens is 2. The van der Waals surface area contributed by atoms with Gasteiger partial charge in [-0.15, -0.1) is 0 Å². The van der Waals surface area contributed by atoms with Gasteiger partial charge in [-0.25, -0.2) is 8.42 Å². The molecule has 0 spiro atoms. The van der Waals surface area contributed by atoms with Crippen LogP contribution in [0.2, 0.25) is 10.0 Å². The monoisotopic (exact) mass is 415 g/mol. The van der Waals surface area contributed by atoms with E-state index in [1.165, 1.54) is 22.5 Å². The van der Waals surface area contributed by atoms with Crippen LogP contribution in [0.5, 0.6) is 0 Å². The first-order chi connectivity index (χ1) is 12.3. The van der Waals surface area contributed by atoms with Crippen LogP contribution in [0.1, 0.15) is 18.9 Å². The molecule has 26 heavy (non-hydrogen) atoms. The average Bonchev–Trinajstić information content (AvgIpc) is 2.59. The van der Waals surface area contributed by atoms with Crippen LogP contribution in [0.4, 0.5) is 0 Å². The van der Waals surface area contributed by atoms with Gasteiger partial charge in [0.05, 0.1) is 18.1 Å². The van der Waals surface area contributed by atoms with Gasteiger partial charge in [0.15, 0.2) is 0 Å². The van der Waals surface area contributed by atoms with Crippen LogP contribution >= 0.6 is 23.2 Å². The van der Waals surface area contributed by atoms with E-state index in [9.17, 15) is 13.2 Å². The third kappa shape index (κ3) is 5.45. The molecule has 0 radical (unpaired) electrons. The van der Waals surface area contributed by atoms with Crippen molar-refractivity contribution in [2.75, 3.05) is 13.2 Å². The highest BCUT2D eigenvalue weighted by Gasteiger charge is 2.27. The van der Waals surface area contributed by atoms with Gasteiger partial charge in [-0.2, -0.15) is 4.31 Å². The summed E-state index contributed by atoms with van der Waals surface area (Å²) in [5.41, 5.74) is 0.796. The molecule has 2 aromatic rings. The van der Waals surface area contributed by atoms with Crippen LogP contribution in [0.15, 0.2) is 53.4 Å². The Morgan fingerprint density at radius 1 is 1.12 bits per heavy atom. The van der Waals surface area contributed by atoms with E-state index in [2.05, 4.69) is 0 Å². The van der Waals surface area contributed by atoms with Crippen molar-refractivity contribution >= 4 is 39.2 Å². The molecule has 0 aliphatic rings. The maximum Gasteiger partial charge on any atom is 0.307 e. The normalized spacial score (nSPS) is 11.5. The van der Waals surface area contributed by atoms with Crippen molar-refractivity contribution in [2.45, 2.75) is 24.8 Å². The van der Waals surface area contributed by atoms with E-state index < -0.39 is 16.0 Å². The molecule has 0 unspecified atom stereocenters. The Bertz CT molecular complexity index is 857. The van der Waals surface area contributed by atoms with Crippen molar-refractivity contribution in [3.63, 3.8) is 0 Å². The maximum atomic E-state index is 13.1. The van der Waals surface area contributed by atoms with Gasteiger partial charge >= 0.3 is 5.97 Å². The van der Waals surface area contributed by atoms with Crippen molar-refractivity contribution < 1.29 is 17.9 Å². The fourth-order valence-electron chi connectivity index (χ4n) is 2.34. The Labute approximate surface area is 163 Å². The summed E-state index contributed by atoms with van der Waals surface area (Å²) in [6, 6.07) is 13.3. The van der Waals surface area contributed by atoms with Crippen LogP contribution in [0, 0.1) is 0 Å². The van der Waals surface area contributed by atoms with Crippen molar-refractivity contribution in [3.05, 3.63) is 64.1 Å². The quantitative estimate of drug-likeness (QED) is 0.607. The van der Waals surface area contributed by atoms with Crippen molar-refractivity contribution in [1.82, 2.24) is 4.31 Å². The highest BCUT2D eigenvalue weighted by molar-refractivity contribution is 7.89. The zero-order valence-electron chi connectivity index (χ0n) is 14.2. The maximum absolute atomic E-state index is 13.1. The summed E-state index contributed by atoms with van der Waals surface area (Å²) in [4.78, 5) is 11.6. The summed E-state index contributed by atoms with van der Waals surface area (Å²) in [6.45, 7) is 2.04. The molecule has 2 aromatic carbocycles. The molecule has 140 valence electrons. The van der Waals surface area contributed by atoms with Gasteiger partial charge in [-0.1, -0.05) is 53.5 Å². The van der Waals surface area contributed by atoms with E-state index >= 15 is 0 Å². The number of carbonyl (C=O) groups excluding carboxylic acids is 1. The smallest absolute Gasteiger partial charge is 0.307 e. The standard InChI is InChI=1S/C18H19Cl2NO4S/c1-2-25-18(22)10-11-21(13-14-6-4-3-5-7-14)26(23,24)17-9-8-15(19)12-16(17)20/h3-9,12H,2,10-11,13H2,1H3. The molecule has 0 aliphatic heterocycles. The zero-order chi connectivity index (χ0) is 19.2. The fourth-order valence-corrected chi connectivity index (χ4v) is 4.52. The lowest BCUT2D eigenvalue weighted by molar-refractivity contribution is -0.143. The molecule has 0 fully saturated rings. The lowest BCUT2D eigenvalue weighted by Gasteiger charge is -2.22. The van der Waals surface area contributed by atoms with Gasteiger partial charge in [-0.3, -0.25) is 4.79 Å². The number of rotatable bonds is 8. The number of sulfonamides is 1. The Kier molecular flexibility index (Phi) is 7.46. The SMILES string of the molecule is CCOC(=O)CCN(Cc1ccccc1)S(=O)(=O)c1ccc(Cl)cc1Cl. The lowest BCUT2D eigenvalue weighted by atomic mass is 10.2. The van der Waals surface area contributed by atoms with Gasteiger partial charge in [0.1, 0.15) is 4.90 Å². The van der Waals surface area contributed by atoms with Crippen LogP contribution in [0.3, 0.4) is 0 Å².